The minimum absolute atomic E-state index is 0.241. The molecule has 13 heavy (non-hydrogen) atoms. The topological polar surface area (TPSA) is 76.4 Å². The van der Waals surface area contributed by atoms with Gasteiger partial charge < -0.3 is 15.5 Å². The molecule has 1 aromatic rings. The SMILES string of the molecule is Cc1ncn(CCC(N)=NO)c1C. The molecule has 0 radical (unpaired) electrons. The lowest BCUT2D eigenvalue weighted by molar-refractivity contribution is 0.316. The van der Waals surface area contributed by atoms with Crippen molar-refractivity contribution in [1.29, 1.82) is 0 Å². The number of nitrogens with zero attached hydrogens (tertiary/aromatic N) is 3. The Morgan fingerprint density at radius 1 is 1.69 bits per heavy atom. The Hall–Kier alpha value is -1.52. The van der Waals surface area contributed by atoms with Crippen molar-refractivity contribution in [2.24, 2.45) is 10.9 Å². The third kappa shape index (κ3) is 2.21. The van der Waals surface area contributed by atoms with Gasteiger partial charge in [-0.3, -0.25) is 0 Å². The highest BCUT2D eigenvalue weighted by molar-refractivity contribution is 5.79. The van der Waals surface area contributed by atoms with Crippen LogP contribution in [0.3, 0.4) is 0 Å². The van der Waals surface area contributed by atoms with Crippen LogP contribution >= 0.6 is 0 Å². The zero-order valence-electron chi connectivity index (χ0n) is 7.86. The average Bonchev–Trinajstić information content (AvgIpc) is 2.44. The Morgan fingerprint density at radius 3 is 2.85 bits per heavy atom. The molecule has 0 amide bonds. The highest BCUT2D eigenvalue weighted by Crippen LogP contribution is 2.04. The van der Waals surface area contributed by atoms with Crippen LogP contribution in [0.25, 0.3) is 0 Å². The monoisotopic (exact) mass is 182 g/mol. The van der Waals surface area contributed by atoms with Crippen LogP contribution in [0.15, 0.2) is 11.5 Å². The lowest BCUT2D eigenvalue weighted by Gasteiger charge is -2.03. The second-order valence-corrected chi connectivity index (χ2v) is 2.95. The van der Waals surface area contributed by atoms with E-state index < -0.39 is 0 Å². The maximum atomic E-state index is 8.33. The van der Waals surface area contributed by atoms with Crippen molar-refractivity contribution < 1.29 is 5.21 Å². The summed E-state index contributed by atoms with van der Waals surface area (Å²) in [4.78, 5) is 4.14. The van der Waals surface area contributed by atoms with Gasteiger partial charge in [0.25, 0.3) is 0 Å². The van der Waals surface area contributed by atoms with E-state index in [1.165, 1.54) is 0 Å². The van der Waals surface area contributed by atoms with E-state index >= 15 is 0 Å². The van der Waals surface area contributed by atoms with Crippen molar-refractivity contribution in [2.45, 2.75) is 26.8 Å². The predicted octanol–water partition coefficient (Wildman–Crippen LogP) is 0.636. The standard InChI is InChI=1S/C8H14N4O/c1-6-7(2)12(5-10-6)4-3-8(9)11-13/h5,13H,3-4H2,1-2H3,(H2,9,11). The minimum atomic E-state index is 0.241. The number of oxime groups is 1. The van der Waals surface area contributed by atoms with Gasteiger partial charge in [0.05, 0.1) is 12.0 Å². The first-order chi connectivity index (χ1) is 6.15. The zero-order valence-corrected chi connectivity index (χ0v) is 7.86. The molecule has 0 aliphatic rings. The first-order valence-electron chi connectivity index (χ1n) is 4.10. The third-order valence-electron chi connectivity index (χ3n) is 2.08. The molecular weight excluding hydrogens is 168 g/mol. The molecule has 0 bridgehead atoms. The Balaban J connectivity index is 2.60. The van der Waals surface area contributed by atoms with Crippen molar-refractivity contribution in [3.05, 3.63) is 17.7 Å². The molecule has 1 aromatic heterocycles. The Morgan fingerprint density at radius 2 is 2.38 bits per heavy atom. The largest absolute Gasteiger partial charge is 0.409 e. The van der Waals surface area contributed by atoms with E-state index in [2.05, 4.69) is 10.1 Å². The van der Waals surface area contributed by atoms with Crippen molar-refractivity contribution in [3.8, 4) is 0 Å². The number of amidine groups is 1. The van der Waals surface area contributed by atoms with E-state index in [9.17, 15) is 0 Å². The number of aromatic nitrogens is 2. The molecule has 0 unspecified atom stereocenters. The molecule has 5 nitrogen and oxygen atoms in total. The summed E-state index contributed by atoms with van der Waals surface area (Å²) in [6.45, 7) is 4.65. The van der Waals surface area contributed by atoms with Gasteiger partial charge in [-0.2, -0.15) is 0 Å². The second-order valence-electron chi connectivity index (χ2n) is 2.95. The van der Waals surface area contributed by atoms with Crippen molar-refractivity contribution in [3.63, 3.8) is 0 Å². The molecule has 5 heteroatoms. The molecule has 0 fully saturated rings. The van der Waals surface area contributed by atoms with Crippen LogP contribution in [-0.4, -0.2) is 20.6 Å². The highest BCUT2D eigenvalue weighted by atomic mass is 16.4. The van der Waals surface area contributed by atoms with Gasteiger partial charge in [-0.05, 0) is 13.8 Å². The van der Waals surface area contributed by atoms with Gasteiger partial charge in [-0.1, -0.05) is 5.16 Å². The zero-order chi connectivity index (χ0) is 9.84. The second kappa shape index (κ2) is 3.93. The number of nitrogens with two attached hydrogens (primary N) is 1. The molecule has 0 aromatic carbocycles. The molecule has 3 N–H and O–H groups in total. The van der Waals surface area contributed by atoms with Gasteiger partial charge in [-0.15, -0.1) is 0 Å². The molecule has 1 heterocycles. The Bertz CT molecular complexity index is 316. The summed E-state index contributed by atoms with van der Waals surface area (Å²) in [7, 11) is 0. The molecule has 0 saturated carbocycles. The quantitative estimate of drug-likeness (QED) is 0.311. The predicted molar refractivity (Wildman–Crippen MR) is 49.7 cm³/mol. The molecule has 0 saturated heterocycles. The maximum absolute atomic E-state index is 8.33. The maximum Gasteiger partial charge on any atom is 0.140 e. The Kier molecular flexibility index (Phi) is 2.89. The molecular formula is C8H14N4O. The molecule has 1 rings (SSSR count). The third-order valence-corrected chi connectivity index (χ3v) is 2.08. The summed E-state index contributed by atoms with van der Waals surface area (Å²) in [5.41, 5.74) is 7.47. The van der Waals surface area contributed by atoms with Crippen LogP contribution < -0.4 is 5.73 Å². The van der Waals surface area contributed by atoms with Gasteiger partial charge in [-0.25, -0.2) is 4.98 Å². The van der Waals surface area contributed by atoms with Crippen molar-refractivity contribution in [2.75, 3.05) is 0 Å². The average molecular weight is 182 g/mol. The van der Waals surface area contributed by atoms with Gasteiger partial charge in [0.2, 0.25) is 0 Å². The molecule has 72 valence electrons. The summed E-state index contributed by atoms with van der Waals surface area (Å²) in [5, 5.41) is 11.2. The van der Waals surface area contributed by atoms with Crippen LogP contribution in [-0.2, 0) is 6.54 Å². The van der Waals surface area contributed by atoms with E-state index in [0.717, 1.165) is 11.4 Å². The minimum Gasteiger partial charge on any atom is -0.409 e. The van der Waals surface area contributed by atoms with Crippen LogP contribution in [0.5, 0.6) is 0 Å². The van der Waals surface area contributed by atoms with E-state index in [-0.39, 0.29) is 5.84 Å². The summed E-state index contributed by atoms with van der Waals surface area (Å²) < 4.78 is 1.98. The summed E-state index contributed by atoms with van der Waals surface area (Å²) in [5.74, 6) is 0.241. The van der Waals surface area contributed by atoms with Crippen molar-refractivity contribution >= 4 is 5.84 Å². The van der Waals surface area contributed by atoms with Crippen LogP contribution in [0.2, 0.25) is 0 Å². The molecule has 0 aliphatic heterocycles. The van der Waals surface area contributed by atoms with Crippen LogP contribution in [0.1, 0.15) is 17.8 Å². The highest BCUT2D eigenvalue weighted by Gasteiger charge is 2.02. The smallest absolute Gasteiger partial charge is 0.140 e. The summed E-state index contributed by atoms with van der Waals surface area (Å²) >= 11 is 0. The van der Waals surface area contributed by atoms with E-state index in [4.69, 9.17) is 10.9 Å². The van der Waals surface area contributed by atoms with Gasteiger partial charge >= 0.3 is 0 Å². The van der Waals surface area contributed by atoms with E-state index in [0.29, 0.717) is 13.0 Å². The lowest BCUT2D eigenvalue weighted by Crippen LogP contribution is -2.14. The number of hydrogen-bond acceptors (Lipinski definition) is 3. The van der Waals surface area contributed by atoms with Crippen LogP contribution in [0.4, 0.5) is 0 Å². The first kappa shape index (κ1) is 9.57. The number of rotatable bonds is 3. The van der Waals surface area contributed by atoms with Gasteiger partial charge in [0, 0.05) is 18.7 Å². The summed E-state index contributed by atoms with van der Waals surface area (Å²) in [6, 6.07) is 0. The normalized spacial score (nSPS) is 12.0. The Labute approximate surface area is 76.9 Å². The van der Waals surface area contributed by atoms with Gasteiger partial charge in [0.1, 0.15) is 5.84 Å². The van der Waals surface area contributed by atoms with E-state index in [1.807, 2.05) is 18.4 Å². The number of hydrogen-bond donors (Lipinski definition) is 2. The molecule has 0 spiro atoms. The molecule has 0 atom stereocenters. The lowest BCUT2D eigenvalue weighted by atomic mass is 10.3. The first-order valence-corrected chi connectivity index (χ1v) is 4.10. The van der Waals surface area contributed by atoms with E-state index in [1.54, 1.807) is 6.33 Å². The number of imidazole rings is 1. The summed E-state index contributed by atoms with van der Waals surface area (Å²) in [6.07, 6.45) is 2.29. The fraction of sp³-hybridized carbons (Fsp3) is 0.500. The van der Waals surface area contributed by atoms with Gasteiger partial charge in [0.15, 0.2) is 0 Å². The molecule has 0 aliphatic carbocycles. The van der Waals surface area contributed by atoms with Crippen LogP contribution in [0, 0.1) is 13.8 Å². The fourth-order valence-electron chi connectivity index (χ4n) is 1.05. The van der Waals surface area contributed by atoms with Crippen molar-refractivity contribution in [1.82, 2.24) is 9.55 Å². The fourth-order valence-corrected chi connectivity index (χ4v) is 1.05. The number of aryl methyl sites for hydroxylation is 2.